The predicted molar refractivity (Wildman–Crippen MR) is 66.3 cm³/mol. The number of allylic oxidation sites excluding steroid dienone is 1. The lowest BCUT2D eigenvalue weighted by molar-refractivity contribution is -0.391. The molecule has 1 unspecified atom stereocenters. The molecule has 0 saturated heterocycles. The van der Waals surface area contributed by atoms with E-state index in [-0.39, 0.29) is 5.82 Å². The van der Waals surface area contributed by atoms with Crippen molar-refractivity contribution in [3.8, 4) is 0 Å². The molecule has 0 spiro atoms. The average Bonchev–Trinajstić information content (AvgIpc) is 2.71. The van der Waals surface area contributed by atoms with Gasteiger partial charge in [-0.05, 0) is 11.0 Å². The van der Waals surface area contributed by atoms with Crippen molar-refractivity contribution >= 4 is 17.7 Å². The third-order valence-electron chi connectivity index (χ3n) is 2.58. The summed E-state index contributed by atoms with van der Waals surface area (Å²) in [5, 5.41) is 10.7. The Kier molecular flexibility index (Phi) is 2.94. The largest absolute Gasteiger partial charge is 0.358 e. The summed E-state index contributed by atoms with van der Waals surface area (Å²) in [4.78, 5) is 19.8. The zero-order valence-corrected chi connectivity index (χ0v) is 9.72. The van der Waals surface area contributed by atoms with Crippen LogP contribution < -0.4 is 5.73 Å². The summed E-state index contributed by atoms with van der Waals surface area (Å²) in [7, 11) is 1.55. The third kappa shape index (κ3) is 1.89. The maximum absolute atomic E-state index is 10.7. The van der Waals surface area contributed by atoms with E-state index < -0.39 is 11.2 Å². The molecule has 0 radical (unpaired) electrons. The molecule has 1 aliphatic heterocycles. The van der Waals surface area contributed by atoms with Crippen molar-refractivity contribution in [3.05, 3.63) is 41.0 Å². The fraction of sp³-hybridized carbons (Fsp3) is 0.200. The number of nitro groups is 1. The van der Waals surface area contributed by atoms with Gasteiger partial charge in [-0.25, -0.2) is 9.55 Å². The molecule has 18 heavy (non-hydrogen) atoms. The highest BCUT2D eigenvalue weighted by atomic mass is 16.6. The lowest BCUT2D eigenvalue weighted by Gasteiger charge is -2.26. The quantitative estimate of drug-likeness (QED) is 0.617. The van der Waals surface area contributed by atoms with Gasteiger partial charge in [0.1, 0.15) is 11.9 Å². The average molecular weight is 248 g/mol. The number of aliphatic imine (C=N–C) groups is 1. The second-order valence-electron chi connectivity index (χ2n) is 3.66. The molecule has 2 N–H and O–H groups in total. The standard InChI is InChI=1S/C10H12N6O2/c1-7(15-5-3-4-12-10(15)11)9-13-6-8(14(9)2)16(17)18/h3-6,10H,1,11H2,2H3. The third-order valence-corrected chi connectivity index (χ3v) is 2.58. The Balaban J connectivity index is 2.32. The first-order chi connectivity index (χ1) is 8.52. The number of rotatable bonds is 3. The van der Waals surface area contributed by atoms with Crippen molar-refractivity contribution in [1.82, 2.24) is 14.5 Å². The lowest BCUT2D eigenvalue weighted by atomic mass is 10.3. The number of imidazole rings is 1. The molecule has 8 nitrogen and oxygen atoms in total. The van der Waals surface area contributed by atoms with Crippen LogP contribution in [0.2, 0.25) is 0 Å². The van der Waals surface area contributed by atoms with Crippen molar-refractivity contribution in [3.63, 3.8) is 0 Å². The van der Waals surface area contributed by atoms with E-state index in [9.17, 15) is 10.1 Å². The zero-order chi connectivity index (χ0) is 13.3. The predicted octanol–water partition coefficient (Wildman–Crippen LogP) is 0.441. The molecule has 1 aromatic rings. The fourth-order valence-corrected chi connectivity index (χ4v) is 1.63. The zero-order valence-electron chi connectivity index (χ0n) is 9.72. The number of aromatic nitrogens is 2. The van der Waals surface area contributed by atoms with E-state index in [1.165, 1.54) is 10.8 Å². The molecular formula is C10H12N6O2. The molecule has 2 heterocycles. The molecule has 0 aromatic carbocycles. The van der Waals surface area contributed by atoms with Crippen molar-refractivity contribution < 1.29 is 4.92 Å². The Bertz CT molecular complexity index is 559. The number of nitrogens with two attached hydrogens (primary N) is 1. The second-order valence-corrected chi connectivity index (χ2v) is 3.66. The summed E-state index contributed by atoms with van der Waals surface area (Å²) in [5.41, 5.74) is 6.23. The van der Waals surface area contributed by atoms with Crippen LogP contribution in [-0.2, 0) is 7.05 Å². The second kappa shape index (κ2) is 4.41. The van der Waals surface area contributed by atoms with E-state index in [1.807, 2.05) is 0 Å². The molecule has 1 aromatic heterocycles. The van der Waals surface area contributed by atoms with Crippen LogP contribution in [-0.4, -0.2) is 31.9 Å². The number of hydrogen-bond acceptors (Lipinski definition) is 6. The van der Waals surface area contributed by atoms with Crippen LogP contribution in [0.15, 0.2) is 30.0 Å². The first-order valence-corrected chi connectivity index (χ1v) is 5.11. The van der Waals surface area contributed by atoms with Crippen LogP contribution >= 0.6 is 0 Å². The van der Waals surface area contributed by atoms with Gasteiger partial charge in [-0.2, -0.15) is 0 Å². The van der Waals surface area contributed by atoms with Gasteiger partial charge in [0.2, 0.25) is 5.82 Å². The minimum Gasteiger partial charge on any atom is -0.358 e. The smallest absolute Gasteiger partial charge is 0.342 e. The molecular weight excluding hydrogens is 236 g/mol. The molecule has 0 aliphatic carbocycles. The highest BCUT2D eigenvalue weighted by Gasteiger charge is 2.24. The molecule has 2 rings (SSSR count). The Morgan fingerprint density at radius 3 is 2.94 bits per heavy atom. The van der Waals surface area contributed by atoms with Crippen LogP contribution in [0, 0.1) is 10.1 Å². The van der Waals surface area contributed by atoms with Gasteiger partial charge in [-0.3, -0.25) is 10.7 Å². The van der Waals surface area contributed by atoms with Gasteiger partial charge in [0.15, 0.2) is 6.29 Å². The van der Waals surface area contributed by atoms with Crippen LogP contribution in [0.4, 0.5) is 5.82 Å². The van der Waals surface area contributed by atoms with E-state index in [4.69, 9.17) is 5.73 Å². The van der Waals surface area contributed by atoms with E-state index in [0.29, 0.717) is 11.5 Å². The van der Waals surface area contributed by atoms with Gasteiger partial charge in [0.25, 0.3) is 0 Å². The minimum atomic E-state index is -0.599. The summed E-state index contributed by atoms with van der Waals surface area (Å²) >= 11 is 0. The molecule has 94 valence electrons. The molecule has 8 heteroatoms. The van der Waals surface area contributed by atoms with Gasteiger partial charge in [-0.1, -0.05) is 6.58 Å². The van der Waals surface area contributed by atoms with Crippen LogP contribution in [0.25, 0.3) is 5.70 Å². The van der Waals surface area contributed by atoms with E-state index in [1.54, 1.807) is 30.4 Å². The fourth-order valence-electron chi connectivity index (χ4n) is 1.63. The molecule has 0 saturated carbocycles. The van der Waals surface area contributed by atoms with Crippen molar-refractivity contribution in [1.29, 1.82) is 0 Å². The Labute approximate surface area is 103 Å². The van der Waals surface area contributed by atoms with Crippen molar-refractivity contribution in [2.45, 2.75) is 6.29 Å². The number of nitrogens with zero attached hydrogens (tertiary/aromatic N) is 5. The highest BCUT2D eigenvalue weighted by molar-refractivity contribution is 5.73. The molecule has 1 aliphatic rings. The summed E-state index contributed by atoms with van der Waals surface area (Å²) < 4.78 is 1.35. The van der Waals surface area contributed by atoms with Crippen LogP contribution in [0.1, 0.15) is 5.82 Å². The SMILES string of the molecule is C=C(c1ncc([N+](=O)[O-])n1C)N1C=CC=NC1N. The van der Waals surface area contributed by atoms with Gasteiger partial charge in [-0.15, -0.1) is 0 Å². The maximum Gasteiger partial charge on any atom is 0.342 e. The summed E-state index contributed by atoms with van der Waals surface area (Å²) in [6, 6.07) is 0. The summed E-state index contributed by atoms with van der Waals surface area (Å²) in [6.45, 7) is 3.85. The van der Waals surface area contributed by atoms with Gasteiger partial charge in [0.05, 0.1) is 7.05 Å². The number of hydrogen-bond donors (Lipinski definition) is 1. The maximum atomic E-state index is 10.7. The Hall–Kier alpha value is -2.48. The molecule has 0 amide bonds. The Morgan fingerprint density at radius 1 is 1.67 bits per heavy atom. The summed E-state index contributed by atoms with van der Waals surface area (Å²) in [5.74, 6) is 0.267. The molecule has 0 bridgehead atoms. The van der Waals surface area contributed by atoms with Gasteiger partial charge < -0.3 is 15.0 Å². The highest BCUT2D eigenvalue weighted by Crippen LogP contribution is 2.22. The van der Waals surface area contributed by atoms with Crippen LogP contribution in [0.5, 0.6) is 0 Å². The van der Waals surface area contributed by atoms with Crippen LogP contribution in [0.3, 0.4) is 0 Å². The van der Waals surface area contributed by atoms with E-state index in [0.717, 1.165) is 0 Å². The summed E-state index contributed by atoms with van der Waals surface area (Å²) in [6.07, 6.45) is 5.56. The van der Waals surface area contributed by atoms with E-state index >= 15 is 0 Å². The normalized spacial score (nSPS) is 18.1. The minimum absolute atomic E-state index is 0.107. The van der Waals surface area contributed by atoms with Gasteiger partial charge >= 0.3 is 5.82 Å². The Morgan fingerprint density at radius 2 is 2.39 bits per heavy atom. The first kappa shape index (κ1) is 12.0. The monoisotopic (exact) mass is 248 g/mol. The molecule has 1 atom stereocenters. The van der Waals surface area contributed by atoms with Crippen molar-refractivity contribution in [2.75, 3.05) is 0 Å². The molecule has 0 fully saturated rings. The lowest BCUT2D eigenvalue weighted by Crippen LogP contribution is -2.37. The van der Waals surface area contributed by atoms with E-state index in [2.05, 4.69) is 16.6 Å². The van der Waals surface area contributed by atoms with Gasteiger partial charge in [0, 0.05) is 12.4 Å². The first-order valence-electron chi connectivity index (χ1n) is 5.11. The van der Waals surface area contributed by atoms with Crippen molar-refractivity contribution in [2.24, 2.45) is 17.8 Å². The topological polar surface area (TPSA) is 103 Å².